The summed E-state index contributed by atoms with van der Waals surface area (Å²) in [5.41, 5.74) is 1.01. The van der Waals surface area contributed by atoms with Crippen LogP contribution in [0, 0.1) is 0 Å². The second-order valence-corrected chi connectivity index (χ2v) is 3.34. The monoisotopic (exact) mass is 222 g/mol. The number of para-hydroxylation sites is 1. The summed E-state index contributed by atoms with van der Waals surface area (Å²) in [6, 6.07) is 5.76. The zero-order chi connectivity index (χ0) is 11.4. The summed E-state index contributed by atoms with van der Waals surface area (Å²) in [4.78, 5) is 0. The molecule has 0 radical (unpaired) electrons. The van der Waals surface area contributed by atoms with Gasteiger partial charge in [-0.1, -0.05) is 12.1 Å². The third-order valence-corrected chi connectivity index (χ3v) is 2.38. The maximum absolute atomic E-state index is 5.33. The number of hydrogen-bond acceptors (Lipinski definition) is 4. The molecule has 0 atom stereocenters. The molecule has 2 rings (SSSR count). The van der Waals surface area contributed by atoms with E-state index < -0.39 is 0 Å². The van der Waals surface area contributed by atoms with Gasteiger partial charge in [0.1, 0.15) is 12.0 Å². The highest BCUT2D eigenvalue weighted by atomic mass is 16.7. The van der Waals surface area contributed by atoms with Crippen LogP contribution in [0.15, 0.2) is 30.2 Å². The van der Waals surface area contributed by atoms with E-state index in [2.05, 4.69) is 0 Å². The molecule has 1 aliphatic rings. The van der Waals surface area contributed by atoms with Crippen molar-refractivity contribution in [3.05, 3.63) is 35.8 Å². The summed E-state index contributed by atoms with van der Waals surface area (Å²) in [5.74, 6) is 2.26. The van der Waals surface area contributed by atoms with Crippen molar-refractivity contribution in [3.8, 4) is 11.5 Å². The van der Waals surface area contributed by atoms with Crippen LogP contribution in [-0.2, 0) is 15.9 Å². The van der Waals surface area contributed by atoms with E-state index in [1.54, 1.807) is 20.5 Å². The number of allylic oxidation sites excluding steroid dienone is 1. The lowest BCUT2D eigenvalue weighted by Gasteiger charge is -2.12. The Morgan fingerprint density at radius 1 is 1.25 bits per heavy atom. The van der Waals surface area contributed by atoms with Crippen molar-refractivity contribution < 1.29 is 18.9 Å². The van der Waals surface area contributed by atoms with Crippen LogP contribution in [0.25, 0.3) is 0 Å². The average Bonchev–Trinajstić information content (AvgIpc) is 2.81. The first-order valence-electron chi connectivity index (χ1n) is 4.98. The van der Waals surface area contributed by atoms with Crippen molar-refractivity contribution in [3.63, 3.8) is 0 Å². The van der Waals surface area contributed by atoms with Crippen LogP contribution in [0.2, 0.25) is 0 Å². The average molecular weight is 222 g/mol. The summed E-state index contributed by atoms with van der Waals surface area (Å²) in [6.45, 7) is 0.293. The standard InChI is InChI=1S/C12H14O4/c1-13-11-5-3-4-9(12(11)14-2)6-10-7-15-8-16-10/h3-5,7H,6,8H2,1-2H3. The summed E-state index contributed by atoms with van der Waals surface area (Å²) in [5, 5.41) is 0. The molecular weight excluding hydrogens is 208 g/mol. The zero-order valence-electron chi connectivity index (χ0n) is 9.36. The number of ether oxygens (including phenoxy) is 4. The number of rotatable bonds is 4. The molecule has 1 aliphatic heterocycles. The molecule has 0 spiro atoms. The van der Waals surface area contributed by atoms with E-state index in [1.165, 1.54) is 0 Å². The van der Waals surface area contributed by atoms with Crippen LogP contribution in [0.3, 0.4) is 0 Å². The van der Waals surface area contributed by atoms with Gasteiger partial charge in [0.05, 0.1) is 14.2 Å². The normalized spacial score (nSPS) is 13.8. The van der Waals surface area contributed by atoms with Gasteiger partial charge in [-0.3, -0.25) is 0 Å². The van der Waals surface area contributed by atoms with Crippen molar-refractivity contribution in [2.75, 3.05) is 21.0 Å². The molecule has 1 aromatic rings. The molecule has 0 amide bonds. The van der Waals surface area contributed by atoms with Crippen LogP contribution >= 0.6 is 0 Å². The summed E-state index contributed by atoms with van der Waals surface area (Å²) < 4.78 is 20.8. The quantitative estimate of drug-likeness (QED) is 0.781. The smallest absolute Gasteiger partial charge is 0.229 e. The minimum absolute atomic E-state index is 0.293. The zero-order valence-corrected chi connectivity index (χ0v) is 9.36. The molecular formula is C12H14O4. The highest BCUT2D eigenvalue weighted by Crippen LogP contribution is 2.32. The van der Waals surface area contributed by atoms with E-state index in [4.69, 9.17) is 18.9 Å². The second kappa shape index (κ2) is 4.79. The van der Waals surface area contributed by atoms with E-state index >= 15 is 0 Å². The predicted molar refractivity (Wildman–Crippen MR) is 58.4 cm³/mol. The lowest BCUT2D eigenvalue weighted by Crippen LogP contribution is -1.98. The lowest BCUT2D eigenvalue weighted by molar-refractivity contribution is 0.0790. The first-order chi connectivity index (χ1) is 7.85. The van der Waals surface area contributed by atoms with Crippen LogP contribution in [0.1, 0.15) is 5.56 Å². The highest BCUT2D eigenvalue weighted by Gasteiger charge is 2.14. The summed E-state index contributed by atoms with van der Waals surface area (Å²) >= 11 is 0. The molecule has 0 unspecified atom stereocenters. The molecule has 4 nitrogen and oxygen atoms in total. The predicted octanol–water partition coefficient (Wildman–Crippen LogP) is 2.09. The van der Waals surface area contributed by atoms with Gasteiger partial charge in [0, 0.05) is 12.0 Å². The second-order valence-electron chi connectivity index (χ2n) is 3.34. The Kier molecular flexibility index (Phi) is 3.19. The molecule has 0 aliphatic carbocycles. The van der Waals surface area contributed by atoms with Gasteiger partial charge < -0.3 is 18.9 Å². The van der Waals surface area contributed by atoms with Gasteiger partial charge in [-0.15, -0.1) is 0 Å². The maximum atomic E-state index is 5.33. The number of hydrogen-bond donors (Lipinski definition) is 0. The Labute approximate surface area is 94.4 Å². The molecule has 1 aromatic carbocycles. The number of methoxy groups -OCH3 is 2. The highest BCUT2D eigenvalue weighted by molar-refractivity contribution is 5.47. The SMILES string of the molecule is COc1cccc(CC2=COCO2)c1OC. The molecule has 1 heterocycles. The van der Waals surface area contributed by atoms with Crippen molar-refractivity contribution in [2.24, 2.45) is 0 Å². The first-order valence-corrected chi connectivity index (χ1v) is 4.98. The number of benzene rings is 1. The topological polar surface area (TPSA) is 36.9 Å². The van der Waals surface area contributed by atoms with Crippen molar-refractivity contribution in [1.82, 2.24) is 0 Å². The fraction of sp³-hybridized carbons (Fsp3) is 0.333. The van der Waals surface area contributed by atoms with Crippen LogP contribution in [0.4, 0.5) is 0 Å². The van der Waals surface area contributed by atoms with E-state index in [-0.39, 0.29) is 0 Å². The fourth-order valence-electron chi connectivity index (χ4n) is 1.64. The van der Waals surface area contributed by atoms with Crippen LogP contribution < -0.4 is 9.47 Å². The molecule has 0 saturated carbocycles. The summed E-state index contributed by atoms with van der Waals surface area (Å²) in [6.07, 6.45) is 2.26. The van der Waals surface area contributed by atoms with Gasteiger partial charge in [0.15, 0.2) is 11.5 Å². The Hall–Kier alpha value is -1.84. The molecule has 0 N–H and O–H groups in total. The molecule has 0 saturated heterocycles. The minimum Gasteiger partial charge on any atom is -0.493 e. The molecule has 0 aromatic heterocycles. The van der Waals surface area contributed by atoms with Gasteiger partial charge >= 0.3 is 0 Å². The third kappa shape index (κ3) is 2.05. The fourth-order valence-corrected chi connectivity index (χ4v) is 1.64. The molecule has 0 bridgehead atoms. The van der Waals surface area contributed by atoms with E-state index in [0.29, 0.717) is 13.2 Å². The van der Waals surface area contributed by atoms with Gasteiger partial charge in [0.2, 0.25) is 6.79 Å². The molecule has 16 heavy (non-hydrogen) atoms. The van der Waals surface area contributed by atoms with Gasteiger partial charge in [0.25, 0.3) is 0 Å². The van der Waals surface area contributed by atoms with Gasteiger partial charge in [-0.2, -0.15) is 0 Å². The van der Waals surface area contributed by atoms with E-state index in [1.807, 2.05) is 18.2 Å². The van der Waals surface area contributed by atoms with Gasteiger partial charge in [-0.25, -0.2) is 0 Å². The van der Waals surface area contributed by atoms with E-state index in [9.17, 15) is 0 Å². The largest absolute Gasteiger partial charge is 0.493 e. The minimum atomic E-state index is 0.293. The lowest BCUT2D eigenvalue weighted by atomic mass is 10.1. The Bertz CT molecular complexity index is 398. The van der Waals surface area contributed by atoms with Crippen molar-refractivity contribution in [2.45, 2.75) is 6.42 Å². The Morgan fingerprint density at radius 3 is 2.75 bits per heavy atom. The van der Waals surface area contributed by atoms with Gasteiger partial charge in [-0.05, 0) is 6.07 Å². The van der Waals surface area contributed by atoms with Crippen molar-refractivity contribution in [1.29, 1.82) is 0 Å². The summed E-state index contributed by atoms with van der Waals surface area (Å²) in [7, 11) is 3.25. The Balaban J connectivity index is 2.25. The van der Waals surface area contributed by atoms with Crippen LogP contribution in [0.5, 0.6) is 11.5 Å². The third-order valence-electron chi connectivity index (χ3n) is 2.38. The van der Waals surface area contributed by atoms with E-state index in [0.717, 1.165) is 22.8 Å². The first kappa shape index (κ1) is 10.7. The molecule has 0 fully saturated rings. The molecule has 4 heteroatoms. The van der Waals surface area contributed by atoms with Crippen molar-refractivity contribution >= 4 is 0 Å². The van der Waals surface area contributed by atoms with Crippen LogP contribution in [-0.4, -0.2) is 21.0 Å². The Morgan fingerprint density at radius 2 is 2.12 bits per heavy atom. The molecule has 86 valence electrons. The maximum Gasteiger partial charge on any atom is 0.229 e.